The molecule has 0 bridgehead atoms. The van der Waals surface area contributed by atoms with E-state index >= 15 is 0 Å². The highest BCUT2D eigenvalue weighted by molar-refractivity contribution is 7.98. The zero-order valence-electron chi connectivity index (χ0n) is 6.55. The van der Waals surface area contributed by atoms with E-state index in [1.165, 1.54) is 12.2 Å². The van der Waals surface area contributed by atoms with Crippen LogP contribution in [0.3, 0.4) is 0 Å². The van der Waals surface area contributed by atoms with Gasteiger partial charge in [0.2, 0.25) is 0 Å². The summed E-state index contributed by atoms with van der Waals surface area (Å²) in [6, 6.07) is 0.00172. The minimum atomic E-state index is 0.00172. The van der Waals surface area contributed by atoms with Crippen LogP contribution < -0.4 is 5.73 Å². The lowest BCUT2D eigenvalue weighted by atomic mass is 10.1. The molecule has 2 nitrogen and oxygen atoms in total. The van der Waals surface area contributed by atoms with Crippen LogP contribution in [0.2, 0.25) is 0 Å². The van der Waals surface area contributed by atoms with Crippen LogP contribution in [-0.4, -0.2) is 29.8 Å². The van der Waals surface area contributed by atoms with Crippen molar-refractivity contribution in [3.8, 4) is 0 Å². The molecular weight excluding hydrogens is 146 g/mol. The second kappa shape index (κ2) is 7.38. The molecule has 1 atom stereocenters. The van der Waals surface area contributed by atoms with Crippen molar-refractivity contribution in [3.63, 3.8) is 0 Å². The minimum absolute atomic E-state index is 0.00172. The van der Waals surface area contributed by atoms with E-state index < -0.39 is 0 Å². The molecule has 3 heteroatoms. The van der Waals surface area contributed by atoms with E-state index in [-0.39, 0.29) is 12.6 Å². The van der Waals surface area contributed by atoms with Gasteiger partial charge in [-0.1, -0.05) is 6.42 Å². The zero-order valence-corrected chi connectivity index (χ0v) is 7.36. The Kier molecular flexibility index (Phi) is 7.58. The predicted molar refractivity (Wildman–Crippen MR) is 47.3 cm³/mol. The number of aliphatic hydroxyl groups excluding tert-OH is 1. The molecular formula is C7H17NOS. The summed E-state index contributed by atoms with van der Waals surface area (Å²) in [6.45, 7) is 0.124. The Hall–Kier alpha value is 0.270. The third-order valence-corrected chi connectivity index (χ3v) is 2.10. The molecule has 0 aliphatic heterocycles. The summed E-state index contributed by atoms with van der Waals surface area (Å²) in [5, 5.41) is 8.56. The molecule has 0 radical (unpaired) electrons. The first-order chi connectivity index (χ1) is 4.81. The second-order valence-electron chi connectivity index (χ2n) is 2.43. The molecule has 0 unspecified atom stereocenters. The maximum Gasteiger partial charge on any atom is 0.0582 e. The van der Waals surface area contributed by atoms with E-state index in [0.29, 0.717) is 0 Å². The molecule has 0 aromatic carbocycles. The Bertz CT molecular complexity index is 70.6. The molecule has 0 aliphatic carbocycles. The van der Waals surface area contributed by atoms with Crippen LogP contribution in [0, 0.1) is 0 Å². The Morgan fingerprint density at radius 3 is 2.70 bits per heavy atom. The van der Waals surface area contributed by atoms with Crippen molar-refractivity contribution in [2.45, 2.75) is 25.3 Å². The SMILES string of the molecule is CSCCCC[C@H](N)CO. The molecule has 0 amide bonds. The fourth-order valence-electron chi connectivity index (χ4n) is 0.744. The minimum Gasteiger partial charge on any atom is -0.395 e. The Morgan fingerprint density at radius 2 is 2.20 bits per heavy atom. The van der Waals surface area contributed by atoms with Crippen molar-refractivity contribution >= 4 is 11.8 Å². The van der Waals surface area contributed by atoms with Crippen LogP contribution in [0.5, 0.6) is 0 Å². The number of hydrogen-bond donors (Lipinski definition) is 2. The van der Waals surface area contributed by atoms with Crippen LogP contribution in [0.25, 0.3) is 0 Å². The maximum absolute atomic E-state index is 8.56. The zero-order chi connectivity index (χ0) is 7.82. The first-order valence-electron chi connectivity index (χ1n) is 3.66. The number of nitrogens with two attached hydrogens (primary N) is 1. The van der Waals surface area contributed by atoms with Gasteiger partial charge in [-0.25, -0.2) is 0 Å². The lowest BCUT2D eigenvalue weighted by Crippen LogP contribution is -2.23. The van der Waals surface area contributed by atoms with E-state index in [1.54, 1.807) is 0 Å². The van der Waals surface area contributed by atoms with Crippen molar-refractivity contribution in [2.75, 3.05) is 18.6 Å². The average Bonchev–Trinajstić information content (AvgIpc) is 1.98. The van der Waals surface area contributed by atoms with Crippen molar-refractivity contribution in [3.05, 3.63) is 0 Å². The Labute approximate surface area is 67.2 Å². The van der Waals surface area contributed by atoms with Gasteiger partial charge in [0.05, 0.1) is 6.61 Å². The molecule has 0 aromatic rings. The van der Waals surface area contributed by atoms with Gasteiger partial charge in [-0.15, -0.1) is 0 Å². The van der Waals surface area contributed by atoms with E-state index in [9.17, 15) is 0 Å². The van der Waals surface area contributed by atoms with Crippen molar-refractivity contribution in [2.24, 2.45) is 5.73 Å². The van der Waals surface area contributed by atoms with Crippen LogP contribution in [0.15, 0.2) is 0 Å². The maximum atomic E-state index is 8.56. The van der Waals surface area contributed by atoms with Crippen LogP contribution in [0.4, 0.5) is 0 Å². The normalized spacial score (nSPS) is 13.5. The molecule has 0 fully saturated rings. The van der Waals surface area contributed by atoms with E-state index in [0.717, 1.165) is 12.8 Å². The quantitative estimate of drug-likeness (QED) is 0.570. The van der Waals surface area contributed by atoms with Gasteiger partial charge < -0.3 is 10.8 Å². The van der Waals surface area contributed by atoms with Crippen LogP contribution in [0.1, 0.15) is 19.3 Å². The van der Waals surface area contributed by atoms with E-state index in [4.69, 9.17) is 10.8 Å². The number of aliphatic hydroxyl groups is 1. The molecule has 0 saturated heterocycles. The van der Waals surface area contributed by atoms with Crippen molar-refractivity contribution in [1.29, 1.82) is 0 Å². The highest BCUT2D eigenvalue weighted by Gasteiger charge is 1.97. The molecule has 0 saturated carbocycles. The second-order valence-corrected chi connectivity index (χ2v) is 3.42. The largest absolute Gasteiger partial charge is 0.395 e. The number of unbranched alkanes of at least 4 members (excludes halogenated alkanes) is 1. The Morgan fingerprint density at radius 1 is 1.50 bits per heavy atom. The molecule has 0 heterocycles. The lowest BCUT2D eigenvalue weighted by molar-refractivity contribution is 0.258. The van der Waals surface area contributed by atoms with Gasteiger partial charge in [-0.3, -0.25) is 0 Å². The standard InChI is InChI=1S/C7H17NOS/c1-10-5-3-2-4-7(8)6-9/h7,9H,2-6,8H2,1H3/t7-/m0/s1. The van der Waals surface area contributed by atoms with Gasteiger partial charge in [-0.05, 0) is 24.9 Å². The van der Waals surface area contributed by atoms with Crippen molar-refractivity contribution < 1.29 is 5.11 Å². The summed E-state index contributed by atoms with van der Waals surface area (Å²) in [4.78, 5) is 0. The fraction of sp³-hybridized carbons (Fsp3) is 1.00. The average molecular weight is 163 g/mol. The molecule has 10 heavy (non-hydrogen) atoms. The number of thioether (sulfide) groups is 1. The highest BCUT2D eigenvalue weighted by Crippen LogP contribution is 2.03. The van der Waals surface area contributed by atoms with Crippen LogP contribution >= 0.6 is 11.8 Å². The third-order valence-electron chi connectivity index (χ3n) is 1.41. The summed E-state index contributed by atoms with van der Waals surface area (Å²) in [7, 11) is 0. The molecule has 0 spiro atoms. The van der Waals surface area contributed by atoms with E-state index in [2.05, 4.69) is 6.26 Å². The number of hydrogen-bond acceptors (Lipinski definition) is 3. The van der Waals surface area contributed by atoms with Gasteiger partial charge in [0.1, 0.15) is 0 Å². The van der Waals surface area contributed by atoms with Crippen LogP contribution in [-0.2, 0) is 0 Å². The molecule has 0 aliphatic rings. The first kappa shape index (κ1) is 10.3. The molecule has 0 rings (SSSR count). The molecule has 62 valence electrons. The van der Waals surface area contributed by atoms with Gasteiger partial charge >= 0.3 is 0 Å². The first-order valence-corrected chi connectivity index (χ1v) is 5.06. The number of rotatable bonds is 6. The topological polar surface area (TPSA) is 46.2 Å². The van der Waals surface area contributed by atoms with Gasteiger partial charge in [0, 0.05) is 6.04 Å². The predicted octanol–water partition coefficient (Wildman–Crippen LogP) is 0.839. The van der Waals surface area contributed by atoms with E-state index in [1.807, 2.05) is 11.8 Å². The summed E-state index contributed by atoms with van der Waals surface area (Å²) in [6.07, 6.45) is 5.42. The van der Waals surface area contributed by atoms with Gasteiger partial charge in [0.25, 0.3) is 0 Å². The van der Waals surface area contributed by atoms with Gasteiger partial charge in [0.15, 0.2) is 0 Å². The van der Waals surface area contributed by atoms with Gasteiger partial charge in [-0.2, -0.15) is 11.8 Å². The summed E-state index contributed by atoms with van der Waals surface area (Å²) >= 11 is 1.86. The highest BCUT2D eigenvalue weighted by atomic mass is 32.2. The molecule has 3 N–H and O–H groups in total. The summed E-state index contributed by atoms with van der Waals surface area (Å²) in [5.41, 5.74) is 5.50. The monoisotopic (exact) mass is 163 g/mol. The third kappa shape index (κ3) is 6.39. The fourth-order valence-corrected chi connectivity index (χ4v) is 1.24. The summed E-state index contributed by atoms with van der Waals surface area (Å²) in [5.74, 6) is 1.21. The van der Waals surface area contributed by atoms with Crippen molar-refractivity contribution in [1.82, 2.24) is 0 Å². The smallest absolute Gasteiger partial charge is 0.0582 e. The lowest BCUT2D eigenvalue weighted by Gasteiger charge is -2.05. The molecule has 0 aromatic heterocycles. The summed E-state index contributed by atoms with van der Waals surface area (Å²) < 4.78 is 0. The Balaban J connectivity index is 2.89.